The van der Waals surface area contributed by atoms with Crippen molar-refractivity contribution in [1.82, 2.24) is 10.2 Å². The molecule has 0 aromatic carbocycles. The van der Waals surface area contributed by atoms with Crippen LogP contribution in [0.3, 0.4) is 0 Å². The fraction of sp³-hybridized carbons (Fsp3) is 0.941. The van der Waals surface area contributed by atoms with Gasteiger partial charge < -0.3 is 4.90 Å². The minimum atomic E-state index is 0.437. The molecule has 0 aromatic rings. The average molecular weight is 277 g/mol. The predicted octanol–water partition coefficient (Wildman–Crippen LogP) is 2.96. The number of hydrogen-bond donors (Lipinski definition) is 0. The molecule has 3 atom stereocenters. The van der Waals surface area contributed by atoms with E-state index in [1.165, 1.54) is 51.4 Å². The standard InChI is InChI=1S/C17H29N2O/c20-17(10-9-14-5-3-11-18-13-14)19-12-4-7-15-6-1-2-8-16(15)19/h14-16H,1-13H2. The Morgan fingerprint density at radius 1 is 1.05 bits per heavy atom. The highest BCUT2D eigenvalue weighted by molar-refractivity contribution is 5.76. The van der Waals surface area contributed by atoms with Crippen molar-refractivity contribution in [3.8, 4) is 0 Å². The van der Waals surface area contributed by atoms with Gasteiger partial charge in [-0.3, -0.25) is 4.79 Å². The Kier molecular flexibility index (Phi) is 4.98. The Hall–Kier alpha value is -0.570. The van der Waals surface area contributed by atoms with Crippen LogP contribution in [0.1, 0.15) is 64.2 Å². The molecular formula is C17H29N2O. The molecule has 1 amide bonds. The van der Waals surface area contributed by atoms with Gasteiger partial charge in [0.15, 0.2) is 0 Å². The van der Waals surface area contributed by atoms with Crippen molar-refractivity contribution in [3.05, 3.63) is 0 Å². The first-order chi connectivity index (χ1) is 9.84. The van der Waals surface area contributed by atoms with Gasteiger partial charge in [-0.2, -0.15) is 0 Å². The Balaban J connectivity index is 1.50. The third-order valence-corrected chi connectivity index (χ3v) is 5.65. The molecule has 2 heterocycles. The summed E-state index contributed by atoms with van der Waals surface area (Å²) in [5.41, 5.74) is 0. The number of amides is 1. The largest absolute Gasteiger partial charge is 0.339 e. The summed E-state index contributed by atoms with van der Waals surface area (Å²) in [6.07, 6.45) is 12.3. The second-order valence-electron chi connectivity index (χ2n) is 7.02. The van der Waals surface area contributed by atoms with E-state index in [2.05, 4.69) is 10.2 Å². The molecule has 3 nitrogen and oxygen atoms in total. The van der Waals surface area contributed by atoms with E-state index in [1.54, 1.807) is 0 Å². The molecule has 20 heavy (non-hydrogen) atoms. The molecule has 2 aliphatic heterocycles. The molecule has 113 valence electrons. The number of nitrogens with zero attached hydrogens (tertiary/aromatic N) is 2. The molecule has 1 aliphatic carbocycles. The fourth-order valence-electron chi connectivity index (χ4n) is 4.50. The highest BCUT2D eigenvalue weighted by Crippen LogP contribution is 2.35. The van der Waals surface area contributed by atoms with Crippen LogP contribution < -0.4 is 5.32 Å². The highest BCUT2D eigenvalue weighted by Gasteiger charge is 2.35. The summed E-state index contributed by atoms with van der Waals surface area (Å²) in [6, 6.07) is 0.584. The summed E-state index contributed by atoms with van der Waals surface area (Å²) in [5.74, 6) is 1.93. The van der Waals surface area contributed by atoms with Crippen LogP contribution in [0, 0.1) is 11.8 Å². The van der Waals surface area contributed by atoms with Gasteiger partial charge in [0, 0.05) is 32.1 Å². The Labute approximate surface area is 123 Å². The lowest BCUT2D eigenvalue weighted by atomic mass is 9.78. The van der Waals surface area contributed by atoms with E-state index < -0.39 is 0 Å². The van der Waals surface area contributed by atoms with Crippen LogP contribution >= 0.6 is 0 Å². The first-order valence-corrected chi connectivity index (χ1v) is 8.77. The molecule has 3 aliphatic rings. The van der Waals surface area contributed by atoms with Crippen LogP contribution in [-0.4, -0.2) is 36.5 Å². The maximum Gasteiger partial charge on any atom is 0.222 e. The number of fused-ring (bicyclic) bond motifs is 1. The Morgan fingerprint density at radius 3 is 2.75 bits per heavy atom. The van der Waals surface area contributed by atoms with Gasteiger partial charge in [0.2, 0.25) is 5.91 Å². The van der Waals surface area contributed by atoms with Crippen molar-refractivity contribution in [2.24, 2.45) is 11.8 Å². The van der Waals surface area contributed by atoms with E-state index in [0.717, 1.165) is 38.4 Å². The summed E-state index contributed by atoms with van der Waals surface area (Å²) in [4.78, 5) is 14.8. The summed E-state index contributed by atoms with van der Waals surface area (Å²) in [5, 5.41) is 4.49. The van der Waals surface area contributed by atoms with Crippen molar-refractivity contribution in [2.75, 3.05) is 19.6 Å². The number of carbonyl (C=O) groups is 1. The van der Waals surface area contributed by atoms with Crippen LogP contribution in [0.4, 0.5) is 0 Å². The average Bonchev–Trinajstić information content (AvgIpc) is 2.53. The van der Waals surface area contributed by atoms with Crippen LogP contribution in [-0.2, 0) is 4.79 Å². The summed E-state index contributed by atoms with van der Waals surface area (Å²) >= 11 is 0. The third-order valence-electron chi connectivity index (χ3n) is 5.65. The van der Waals surface area contributed by atoms with E-state index in [-0.39, 0.29) is 0 Å². The van der Waals surface area contributed by atoms with Crippen LogP contribution in [0.5, 0.6) is 0 Å². The molecule has 0 bridgehead atoms. The molecule has 1 radical (unpaired) electrons. The molecule has 3 heteroatoms. The van der Waals surface area contributed by atoms with Crippen molar-refractivity contribution in [2.45, 2.75) is 70.3 Å². The van der Waals surface area contributed by atoms with Gasteiger partial charge in [0.1, 0.15) is 0 Å². The molecule has 0 spiro atoms. The van der Waals surface area contributed by atoms with E-state index >= 15 is 0 Å². The minimum absolute atomic E-state index is 0.437. The first kappa shape index (κ1) is 14.4. The van der Waals surface area contributed by atoms with Gasteiger partial charge in [-0.1, -0.05) is 12.8 Å². The van der Waals surface area contributed by atoms with Crippen molar-refractivity contribution in [3.63, 3.8) is 0 Å². The van der Waals surface area contributed by atoms with E-state index in [9.17, 15) is 4.79 Å². The second kappa shape index (κ2) is 6.93. The monoisotopic (exact) mass is 277 g/mol. The van der Waals surface area contributed by atoms with Crippen LogP contribution in [0.2, 0.25) is 0 Å². The lowest BCUT2D eigenvalue weighted by Crippen LogP contribution is -2.49. The fourth-order valence-corrected chi connectivity index (χ4v) is 4.50. The second-order valence-corrected chi connectivity index (χ2v) is 7.02. The molecule has 1 saturated carbocycles. The number of piperidine rings is 2. The zero-order chi connectivity index (χ0) is 13.8. The lowest BCUT2D eigenvalue weighted by Gasteiger charge is -2.44. The number of likely N-dealkylation sites (tertiary alicyclic amines) is 1. The normalized spacial score (nSPS) is 34.6. The number of rotatable bonds is 3. The molecule has 0 aromatic heterocycles. The Bertz CT molecular complexity index is 323. The van der Waals surface area contributed by atoms with E-state index in [4.69, 9.17) is 0 Å². The zero-order valence-corrected chi connectivity index (χ0v) is 12.7. The van der Waals surface area contributed by atoms with E-state index in [0.29, 0.717) is 17.9 Å². The molecule has 3 fully saturated rings. The van der Waals surface area contributed by atoms with Crippen molar-refractivity contribution in [1.29, 1.82) is 0 Å². The summed E-state index contributed by atoms with van der Waals surface area (Å²) < 4.78 is 0. The van der Waals surface area contributed by atoms with Gasteiger partial charge in [-0.25, -0.2) is 5.32 Å². The van der Waals surface area contributed by atoms with Crippen molar-refractivity contribution >= 4 is 5.91 Å². The predicted molar refractivity (Wildman–Crippen MR) is 80.5 cm³/mol. The summed E-state index contributed by atoms with van der Waals surface area (Å²) in [7, 11) is 0. The minimum Gasteiger partial charge on any atom is -0.339 e. The lowest BCUT2D eigenvalue weighted by molar-refractivity contribution is -0.137. The number of carbonyl (C=O) groups excluding carboxylic acids is 1. The SMILES string of the molecule is O=C(CCC1CCC[N]C1)N1CCCC2CCCCC21. The van der Waals surface area contributed by atoms with Crippen LogP contribution in [0.25, 0.3) is 0 Å². The van der Waals surface area contributed by atoms with Gasteiger partial charge in [0.25, 0.3) is 0 Å². The molecule has 3 rings (SSSR count). The highest BCUT2D eigenvalue weighted by atomic mass is 16.2. The summed E-state index contributed by atoms with van der Waals surface area (Å²) in [6.45, 7) is 3.06. The Morgan fingerprint density at radius 2 is 1.90 bits per heavy atom. The van der Waals surface area contributed by atoms with Gasteiger partial charge in [-0.05, 0) is 56.8 Å². The first-order valence-electron chi connectivity index (χ1n) is 8.77. The zero-order valence-electron chi connectivity index (χ0n) is 12.7. The molecule has 0 N–H and O–H groups in total. The molecular weight excluding hydrogens is 248 g/mol. The van der Waals surface area contributed by atoms with Gasteiger partial charge in [-0.15, -0.1) is 0 Å². The molecule has 3 unspecified atom stereocenters. The van der Waals surface area contributed by atoms with Crippen molar-refractivity contribution < 1.29 is 4.79 Å². The molecule has 2 saturated heterocycles. The van der Waals surface area contributed by atoms with E-state index in [1.807, 2.05) is 0 Å². The maximum atomic E-state index is 12.6. The van der Waals surface area contributed by atoms with Gasteiger partial charge in [0.05, 0.1) is 0 Å². The smallest absolute Gasteiger partial charge is 0.222 e. The number of hydrogen-bond acceptors (Lipinski definition) is 1. The maximum absolute atomic E-state index is 12.6. The quantitative estimate of drug-likeness (QED) is 0.781. The van der Waals surface area contributed by atoms with Gasteiger partial charge >= 0.3 is 0 Å². The third kappa shape index (κ3) is 3.36. The van der Waals surface area contributed by atoms with Crippen LogP contribution in [0.15, 0.2) is 0 Å². The topological polar surface area (TPSA) is 34.4 Å².